The van der Waals surface area contributed by atoms with E-state index in [9.17, 15) is 13.2 Å². The number of imidazole rings is 1. The predicted octanol–water partition coefficient (Wildman–Crippen LogP) is 3.33. The molecule has 1 aliphatic carbocycles. The van der Waals surface area contributed by atoms with Crippen LogP contribution in [0.4, 0.5) is 5.69 Å². The molecule has 7 nitrogen and oxygen atoms in total. The van der Waals surface area contributed by atoms with Gasteiger partial charge >= 0.3 is 0 Å². The van der Waals surface area contributed by atoms with Crippen LogP contribution >= 0.6 is 11.8 Å². The van der Waals surface area contributed by atoms with Gasteiger partial charge in [-0.15, -0.1) is 0 Å². The molecule has 1 aromatic heterocycles. The summed E-state index contributed by atoms with van der Waals surface area (Å²) in [6.45, 7) is 6.11. The van der Waals surface area contributed by atoms with E-state index >= 15 is 0 Å². The van der Waals surface area contributed by atoms with E-state index in [2.05, 4.69) is 11.5 Å². The number of carbonyl (C=O) groups is 1. The van der Waals surface area contributed by atoms with Crippen LogP contribution in [0.15, 0.2) is 28.3 Å². The molecule has 1 atom stereocenters. The number of hydrogen-bond acceptors (Lipinski definition) is 5. The summed E-state index contributed by atoms with van der Waals surface area (Å²) in [5, 5.41) is 6.17. The number of amides is 1. The summed E-state index contributed by atoms with van der Waals surface area (Å²) in [5.41, 5.74) is 3.82. The second kappa shape index (κ2) is 8.01. The van der Waals surface area contributed by atoms with E-state index in [4.69, 9.17) is 10.1 Å². The molecule has 30 heavy (non-hydrogen) atoms. The van der Waals surface area contributed by atoms with Gasteiger partial charge in [0.2, 0.25) is 15.9 Å². The highest BCUT2D eigenvalue weighted by atomic mass is 32.2. The van der Waals surface area contributed by atoms with Gasteiger partial charge in [0.15, 0.2) is 5.16 Å². The van der Waals surface area contributed by atoms with Crippen LogP contribution in [0.25, 0.3) is 0 Å². The summed E-state index contributed by atoms with van der Waals surface area (Å²) in [4.78, 5) is 19.7. The van der Waals surface area contributed by atoms with Gasteiger partial charge in [-0.2, -0.15) is 0 Å². The molecule has 0 unspecified atom stereocenters. The van der Waals surface area contributed by atoms with Crippen molar-refractivity contribution in [1.29, 1.82) is 0 Å². The molecular formula is C21H28N4O3S2. The first-order valence-corrected chi connectivity index (χ1v) is 12.9. The highest BCUT2D eigenvalue weighted by molar-refractivity contribution is 7.99. The van der Waals surface area contributed by atoms with Gasteiger partial charge in [-0.05, 0) is 63.8 Å². The highest BCUT2D eigenvalue weighted by Crippen LogP contribution is 2.37. The van der Waals surface area contributed by atoms with Crippen molar-refractivity contribution < 1.29 is 13.2 Å². The maximum atomic E-state index is 13.1. The van der Waals surface area contributed by atoms with Gasteiger partial charge in [0.25, 0.3) is 0 Å². The first kappa shape index (κ1) is 21.4. The normalized spacial score (nSPS) is 19.5. The molecule has 1 fully saturated rings. The number of carbonyl (C=O) groups excluding carboxylic acids is 1. The minimum atomic E-state index is -3.76. The van der Waals surface area contributed by atoms with Crippen molar-refractivity contribution >= 4 is 33.4 Å². The molecule has 162 valence electrons. The second-order valence-corrected chi connectivity index (χ2v) is 10.8. The van der Waals surface area contributed by atoms with Gasteiger partial charge in [0, 0.05) is 23.5 Å². The Kier molecular flexibility index (Phi) is 5.71. The fourth-order valence-corrected chi connectivity index (χ4v) is 6.23. The molecule has 2 aromatic rings. The minimum Gasteiger partial charge on any atom is -0.320 e. The van der Waals surface area contributed by atoms with Crippen LogP contribution in [0.5, 0.6) is 0 Å². The lowest BCUT2D eigenvalue weighted by atomic mass is 10.1. The van der Waals surface area contributed by atoms with Crippen molar-refractivity contribution in [1.82, 2.24) is 9.55 Å². The lowest BCUT2D eigenvalue weighted by Crippen LogP contribution is -2.37. The lowest BCUT2D eigenvalue weighted by molar-refractivity contribution is -0.116. The third kappa shape index (κ3) is 3.90. The topological polar surface area (TPSA) is 98.3 Å². The fourth-order valence-electron chi connectivity index (χ4n) is 4.65. The lowest BCUT2D eigenvalue weighted by Gasteiger charge is -2.23. The van der Waals surface area contributed by atoms with Crippen LogP contribution in [-0.4, -0.2) is 35.7 Å². The van der Waals surface area contributed by atoms with Gasteiger partial charge in [-0.3, -0.25) is 4.79 Å². The Morgan fingerprint density at radius 3 is 2.63 bits per heavy atom. The Labute approximate surface area is 182 Å². The van der Waals surface area contributed by atoms with Crippen LogP contribution in [0.3, 0.4) is 0 Å². The number of nitrogens with two attached hydrogens (primary N) is 1. The quantitative estimate of drug-likeness (QED) is 0.708. The van der Waals surface area contributed by atoms with Crippen LogP contribution in [0, 0.1) is 13.8 Å². The minimum absolute atomic E-state index is 0.00545. The molecule has 4 rings (SSSR count). The van der Waals surface area contributed by atoms with E-state index in [0.29, 0.717) is 18.2 Å². The number of rotatable bonds is 5. The standard InChI is InChI=1S/C21H28N4O3S2/c1-13-10-16-11-18(30(22,27)28)8-9-19(16)24(13)20(26)12-29-21-23-14(2)15(3)25(21)17-6-4-5-7-17/h8-9,11,13,17H,4-7,10,12H2,1-3H3,(H2,22,27,28)/t13-/m0/s1. The summed E-state index contributed by atoms with van der Waals surface area (Å²) in [6, 6.07) is 5.20. The summed E-state index contributed by atoms with van der Waals surface area (Å²) >= 11 is 1.49. The largest absolute Gasteiger partial charge is 0.320 e. The summed E-state index contributed by atoms with van der Waals surface area (Å²) in [6.07, 6.45) is 5.44. The highest BCUT2D eigenvalue weighted by Gasteiger charge is 2.32. The van der Waals surface area contributed by atoms with Gasteiger partial charge in [-0.25, -0.2) is 18.5 Å². The van der Waals surface area contributed by atoms with Gasteiger partial charge in [0.05, 0.1) is 16.3 Å². The average Bonchev–Trinajstić information content (AvgIpc) is 3.37. The van der Waals surface area contributed by atoms with E-state index in [1.807, 2.05) is 13.8 Å². The molecule has 0 radical (unpaired) electrons. The monoisotopic (exact) mass is 448 g/mol. The van der Waals surface area contributed by atoms with Gasteiger partial charge in [0.1, 0.15) is 0 Å². The van der Waals surface area contributed by atoms with Gasteiger partial charge in [-0.1, -0.05) is 24.6 Å². The molecule has 2 heterocycles. The number of aromatic nitrogens is 2. The van der Waals surface area contributed by atoms with Crippen molar-refractivity contribution in [3.05, 3.63) is 35.2 Å². The molecular weight excluding hydrogens is 420 g/mol. The molecule has 0 bridgehead atoms. The number of benzene rings is 1. The van der Waals surface area contributed by atoms with Crippen molar-refractivity contribution in [3.63, 3.8) is 0 Å². The number of fused-ring (bicyclic) bond motifs is 1. The first-order valence-electron chi connectivity index (χ1n) is 10.3. The van der Waals surface area contributed by atoms with Crippen LogP contribution in [0.2, 0.25) is 0 Å². The molecule has 1 aliphatic heterocycles. The van der Waals surface area contributed by atoms with Crippen LogP contribution in [-0.2, 0) is 21.2 Å². The van der Waals surface area contributed by atoms with Crippen LogP contribution in [0.1, 0.15) is 55.6 Å². The number of primary sulfonamides is 1. The third-order valence-electron chi connectivity index (χ3n) is 6.23. The Bertz CT molecular complexity index is 1090. The average molecular weight is 449 g/mol. The zero-order chi connectivity index (χ0) is 21.6. The number of aryl methyl sites for hydroxylation is 1. The number of anilines is 1. The smallest absolute Gasteiger partial charge is 0.238 e. The Balaban J connectivity index is 1.53. The van der Waals surface area contributed by atoms with Crippen molar-refractivity contribution in [2.24, 2.45) is 5.14 Å². The van der Waals surface area contributed by atoms with Crippen molar-refractivity contribution in [3.8, 4) is 0 Å². The predicted molar refractivity (Wildman–Crippen MR) is 118 cm³/mol. The molecule has 2 aliphatic rings. The number of nitrogens with zero attached hydrogens (tertiary/aromatic N) is 3. The van der Waals surface area contributed by atoms with Gasteiger partial charge < -0.3 is 9.47 Å². The molecule has 0 spiro atoms. The number of hydrogen-bond donors (Lipinski definition) is 1. The van der Waals surface area contributed by atoms with E-state index in [-0.39, 0.29) is 16.8 Å². The summed E-state index contributed by atoms with van der Waals surface area (Å²) in [5.74, 6) is 0.300. The fraction of sp³-hybridized carbons (Fsp3) is 0.524. The molecule has 0 saturated heterocycles. The molecule has 2 N–H and O–H groups in total. The first-order chi connectivity index (χ1) is 14.2. The molecule has 1 saturated carbocycles. The summed E-state index contributed by atoms with van der Waals surface area (Å²) in [7, 11) is -3.76. The Hall–Kier alpha value is -1.84. The molecule has 1 amide bonds. The van der Waals surface area contributed by atoms with Crippen LogP contribution < -0.4 is 10.0 Å². The summed E-state index contributed by atoms with van der Waals surface area (Å²) < 4.78 is 25.6. The maximum absolute atomic E-state index is 13.1. The van der Waals surface area contributed by atoms with Crippen molar-refractivity contribution in [2.75, 3.05) is 10.7 Å². The zero-order valence-corrected chi connectivity index (χ0v) is 19.2. The zero-order valence-electron chi connectivity index (χ0n) is 17.6. The van der Waals surface area contributed by atoms with E-state index in [0.717, 1.165) is 22.1 Å². The second-order valence-electron chi connectivity index (χ2n) is 8.31. The molecule has 9 heteroatoms. The Morgan fingerprint density at radius 2 is 1.97 bits per heavy atom. The Morgan fingerprint density at radius 1 is 1.27 bits per heavy atom. The van der Waals surface area contributed by atoms with E-state index < -0.39 is 10.0 Å². The number of sulfonamides is 1. The van der Waals surface area contributed by atoms with E-state index in [1.165, 1.54) is 49.2 Å². The van der Waals surface area contributed by atoms with E-state index in [1.54, 1.807) is 17.0 Å². The van der Waals surface area contributed by atoms with Crippen molar-refractivity contribution in [2.45, 2.75) is 75.0 Å². The third-order valence-corrected chi connectivity index (χ3v) is 8.08. The SMILES string of the molecule is Cc1nc(SCC(=O)N2c3ccc(S(N)(=O)=O)cc3C[C@@H]2C)n(C2CCCC2)c1C. The number of thioether (sulfide) groups is 1. The maximum Gasteiger partial charge on any atom is 0.238 e. The molecule has 1 aromatic carbocycles.